The van der Waals surface area contributed by atoms with E-state index in [4.69, 9.17) is 0 Å². The Balaban J connectivity index is 1.27. The van der Waals surface area contributed by atoms with Crippen LogP contribution < -0.4 is 4.90 Å². The van der Waals surface area contributed by atoms with Crippen LogP contribution in [-0.4, -0.2) is 0 Å². The van der Waals surface area contributed by atoms with E-state index in [1.165, 1.54) is 181 Å². The number of hydrogen-bond donors (Lipinski definition) is 0. The Hall–Kier alpha value is -3.62. The molecule has 1 aliphatic rings. The van der Waals surface area contributed by atoms with Crippen molar-refractivity contribution in [2.75, 3.05) is 4.90 Å². The molecule has 0 spiro atoms. The molecular formula is C55H70BrN. The summed E-state index contributed by atoms with van der Waals surface area (Å²) in [6, 6.07) is 45.6. The van der Waals surface area contributed by atoms with Gasteiger partial charge in [0.2, 0.25) is 0 Å². The lowest BCUT2D eigenvalue weighted by Crippen LogP contribution is -2.26. The number of anilines is 3. The average Bonchev–Trinajstić information content (AvgIpc) is 3.52. The minimum absolute atomic E-state index is 0.0464. The smallest absolute Gasteiger partial charge is 0.0465 e. The van der Waals surface area contributed by atoms with Gasteiger partial charge in [-0.3, -0.25) is 0 Å². The Labute approximate surface area is 355 Å². The van der Waals surface area contributed by atoms with E-state index in [0.717, 1.165) is 4.47 Å². The summed E-state index contributed by atoms with van der Waals surface area (Å²) in [4.78, 5) is 2.47. The number of hydrogen-bond acceptors (Lipinski definition) is 1. The topological polar surface area (TPSA) is 3.24 Å². The van der Waals surface area contributed by atoms with Gasteiger partial charge in [0.15, 0.2) is 0 Å². The van der Waals surface area contributed by atoms with Crippen LogP contribution in [0.1, 0.15) is 166 Å². The van der Waals surface area contributed by atoms with Crippen LogP contribution in [-0.2, 0) is 5.41 Å². The second-order valence-electron chi connectivity index (χ2n) is 16.9. The summed E-state index contributed by atoms with van der Waals surface area (Å²) < 4.78 is 1.10. The number of benzene rings is 5. The summed E-state index contributed by atoms with van der Waals surface area (Å²) in [6.45, 7) is 4.63. The lowest BCUT2D eigenvalue weighted by Gasteiger charge is -2.34. The van der Waals surface area contributed by atoms with Gasteiger partial charge in [-0.1, -0.05) is 231 Å². The molecule has 0 heterocycles. The van der Waals surface area contributed by atoms with Crippen molar-refractivity contribution in [2.24, 2.45) is 0 Å². The highest BCUT2D eigenvalue weighted by Crippen LogP contribution is 2.55. The van der Waals surface area contributed by atoms with E-state index >= 15 is 0 Å². The Morgan fingerprint density at radius 3 is 1.35 bits per heavy atom. The van der Waals surface area contributed by atoms with Gasteiger partial charge >= 0.3 is 0 Å². The monoisotopic (exact) mass is 823 g/mol. The minimum Gasteiger partial charge on any atom is -0.310 e. The molecule has 1 aliphatic carbocycles. The van der Waals surface area contributed by atoms with Gasteiger partial charge in [-0.2, -0.15) is 0 Å². The third-order valence-corrected chi connectivity index (χ3v) is 13.3. The third-order valence-electron chi connectivity index (χ3n) is 12.7. The summed E-state index contributed by atoms with van der Waals surface area (Å²) in [6.07, 6.45) is 30.0. The van der Waals surface area contributed by atoms with E-state index in [1.807, 2.05) is 0 Å². The normalized spacial score (nSPS) is 12.8. The molecule has 5 aromatic rings. The zero-order chi connectivity index (χ0) is 39.5. The van der Waals surface area contributed by atoms with Crippen molar-refractivity contribution < 1.29 is 0 Å². The van der Waals surface area contributed by atoms with Crippen molar-refractivity contribution in [3.63, 3.8) is 0 Å². The van der Waals surface area contributed by atoms with Crippen molar-refractivity contribution in [3.05, 3.63) is 137 Å². The molecule has 302 valence electrons. The molecule has 0 saturated heterocycles. The standard InChI is InChI=1S/C55H70BrN/c1-3-5-7-9-11-13-15-17-19-26-42-55(43-27-20-18-16-14-12-10-8-6-4-2)53-31-25-24-30-51(53)52-41-40-50(44-54(52)55)57(49-38-34-47(56)35-39-49)48-36-32-46(33-37-48)45-28-22-21-23-29-45/h21-25,28-41,44H,3-20,26-27,42-43H2,1-2H3. The first-order valence-corrected chi connectivity index (χ1v) is 23.9. The maximum absolute atomic E-state index is 3.71. The van der Waals surface area contributed by atoms with E-state index in [9.17, 15) is 0 Å². The number of halogens is 1. The molecule has 0 radical (unpaired) electrons. The van der Waals surface area contributed by atoms with Gasteiger partial charge in [0.1, 0.15) is 0 Å². The molecule has 6 rings (SSSR count). The van der Waals surface area contributed by atoms with E-state index in [-0.39, 0.29) is 5.41 Å². The fraction of sp³-hybridized carbons (Fsp3) is 0.455. The van der Waals surface area contributed by atoms with Gasteiger partial charge in [-0.05, 0) is 94.8 Å². The van der Waals surface area contributed by atoms with Crippen LogP contribution in [0, 0.1) is 0 Å². The van der Waals surface area contributed by atoms with Crippen LogP contribution in [0.5, 0.6) is 0 Å². The summed E-state index contributed by atoms with van der Waals surface area (Å²) in [5, 5.41) is 0. The molecule has 2 heteroatoms. The van der Waals surface area contributed by atoms with Crippen LogP contribution in [0.3, 0.4) is 0 Å². The van der Waals surface area contributed by atoms with E-state index in [2.05, 4.69) is 156 Å². The van der Waals surface area contributed by atoms with Crippen molar-refractivity contribution in [3.8, 4) is 22.3 Å². The quantitative estimate of drug-likeness (QED) is 0.0502. The predicted octanol–water partition coefficient (Wildman–Crippen LogP) is 18.5. The van der Waals surface area contributed by atoms with E-state index < -0.39 is 0 Å². The minimum atomic E-state index is 0.0464. The molecule has 0 unspecified atom stereocenters. The zero-order valence-corrected chi connectivity index (χ0v) is 37.0. The predicted molar refractivity (Wildman–Crippen MR) is 253 cm³/mol. The molecule has 57 heavy (non-hydrogen) atoms. The highest BCUT2D eigenvalue weighted by molar-refractivity contribution is 9.10. The SMILES string of the molecule is CCCCCCCCCCCCC1(CCCCCCCCCCCC)c2ccccc2-c2ccc(N(c3ccc(Br)cc3)c3ccc(-c4ccccc4)cc3)cc21. The summed E-state index contributed by atoms with van der Waals surface area (Å²) in [5.41, 5.74) is 12.2. The van der Waals surface area contributed by atoms with Gasteiger partial charge in [0.05, 0.1) is 0 Å². The van der Waals surface area contributed by atoms with Crippen LogP contribution in [0.4, 0.5) is 17.1 Å². The highest BCUT2D eigenvalue weighted by Gasteiger charge is 2.42. The second kappa shape index (κ2) is 23.1. The molecule has 0 aliphatic heterocycles. The van der Waals surface area contributed by atoms with E-state index in [1.54, 1.807) is 11.1 Å². The number of rotatable bonds is 26. The van der Waals surface area contributed by atoms with Crippen molar-refractivity contribution >= 4 is 33.0 Å². The second-order valence-corrected chi connectivity index (χ2v) is 17.9. The molecule has 0 bridgehead atoms. The number of unbranched alkanes of at least 4 members (excludes halogenated alkanes) is 18. The third kappa shape index (κ3) is 11.7. The van der Waals surface area contributed by atoms with Crippen LogP contribution in [0.15, 0.2) is 126 Å². The zero-order valence-electron chi connectivity index (χ0n) is 35.4. The Morgan fingerprint density at radius 2 is 0.807 bits per heavy atom. The van der Waals surface area contributed by atoms with Gasteiger partial charge in [-0.15, -0.1) is 0 Å². The van der Waals surface area contributed by atoms with Gasteiger partial charge < -0.3 is 4.90 Å². The highest BCUT2D eigenvalue weighted by atomic mass is 79.9. The Bertz CT molecular complexity index is 1850. The molecule has 1 nitrogen and oxygen atoms in total. The summed E-state index contributed by atoms with van der Waals surface area (Å²) in [5.74, 6) is 0. The maximum atomic E-state index is 3.71. The van der Waals surface area contributed by atoms with Crippen LogP contribution in [0.2, 0.25) is 0 Å². The lowest BCUT2D eigenvalue weighted by atomic mass is 9.70. The molecule has 5 aromatic carbocycles. The molecular weight excluding hydrogens is 755 g/mol. The number of nitrogens with zero attached hydrogens (tertiary/aromatic N) is 1. The molecule has 0 aromatic heterocycles. The van der Waals surface area contributed by atoms with Crippen LogP contribution in [0.25, 0.3) is 22.3 Å². The molecule has 0 N–H and O–H groups in total. The largest absolute Gasteiger partial charge is 0.310 e. The average molecular weight is 825 g/mol. The van der Waals surface area contributed by atoms with Gasteiger partial charge in [0, 0.05) is 26.9 Å². The summed E-state index contributed by atoms with van der Waals surface area (Å²) >= 11 is 3.71. The first-order chi connectivity index (χ1) is 28.1. The van der Waals surface area contributed by atoms with Gasteiger partial charge in [0.25, 0.3) is 0 Å². The van der Waals surface area contributed by atoms with Crippen molar-refractivity contribution in [1.29, 1.82) is 0 Å². The van der Waals surface area contributed by atoms with Gasteiger partial charge in [-0.25, -0.2) is 0 Å². The molecule has 0 fully saturated rings. The molecule has 0 atom stereocenters. The Kier molecular flexibility index (Phi) is 17.4. The lowest BCUT2D eigenvalue weighted by molar-refractivity contribution is 0.397. The summed E-state index contributed by atoms with van der Waals surface area (Å²) in [7, 11) is 0. The van der Waals surface area contributed by atoms with E-state index in [0.29, 0.717) is 0 Å². The Morgan fingerprint density at radius 1 is 0.386 bits per heavy atom. The fourth-order valence-corrected chi connectivity index (χ4v) is 9.81. The molecule has 0 amide bonds. The van der Waals surface area contributed by atoms with Crippen molar-refractivity contribution in [1.82, 2.24) is 0 Å². The number of fused-ring (bicyclic) bond motifs is 3. The maximum Gasteiger partial charge on any atom is 0.0465 e. The first-order valence-electron chi connectivity index (χ1n) is 23.1. The van der Waals surface area contributed by atoms with Crippen molar-refractivity contribution in [2.45, 2.75) is 161 Å². The first kappa shape index (κ1) is 43.0. The van der Waals surface area contributed by atoms with Crippen LogP contribution >= 0.6 is 15.9 Å². The fourth-order valence-electron chi connectivity index (χ4n) is 9.55. The molecule has 0 saturated carbocycles.